The third-order valence-corrected chi connectivity index (χ3v) is 4.40. The third kappa shape index (κ3) is 5.28. The third-order valence-electron chi connectivity index (χ3n) is 4.08. The summed E-state index contributed by atoms with van der Waals surface area (Å²) in [4.78, 5) is 33.3. The van der Waals surface area contributed by atoms with Gasteiger partial charge in [-0.1, -0.05) is 23.7 Å². The first-order valence-corrected chi connectivity index (χ1v) is 9.00. The Balaban J connectivity index is 1.84. The van der Waals surface area contributed by atoms with Gasteiger partial charge in [-0.3, -0.25) is 25.0 Å². The standard InChI is InChI=1S/C21H12ClFN2O6/c22-17-8-3-14(12-18(17)24(27)28)20(26)9-1-13-2-10-21(19(11-13)25(29)30)31-16-6-4-15(23)5-7-16/h1-12H. The molecular formula is C21H12ClFN2O6. The summed E-state index contributed by atoms with van der Waals surface area (Å²) in [6.07, 6.45) is 2.46. The van der Waals surface area contributed by atoms with Crippen LogP contribution in [0.3, 0.4) is 0 Å². The molecular weight excluding hydrogens is 431 g/mol. The number of rotatable bonds is 7. The highest BCUT2D eigenvalue weighted by molar-refractivity contribution is 6.32. The van der Waals surface area contributed by atoms with Crippen molar-refractivity contribution in [1.82, 2.24) is 0 Å². The predicted molar refractivity (Wildman–Crippen MR) is 111 cm³/mol. The van der Waals surface area contributed by atoms with Crippen molar-refractivity contribution in [2.75, 3.05) is 0 Å². The number of halogens is 2. The molecule has 0 heterocycles. The molecule has 3 aromatic carbocycles. The minimum atomic E-state index is -0.702. The molecule has 0 aromatic heterocycles. The Kier molecular flexibility index (Phi) is 6.37. The second-order valence-electron chi connectivity index (χ2n) is 6.16. The minimum absolute atomic E-state index is 0.0399. The smallest absolute Gasteiger partial charge is 0.312 e. The molecule has 0 saturated heterocycles. The molecule has 0 amide bonds. The molecule has 0 bridgehead atoms. The van der Waals surface area contributed by atoms with Gasteiger partial charge in [0.05, 0.1) is 9.85 Å². The first-order chi connectivity index (χ1) is 14.7. The van der Waals surface area contributed by atoms with Crippen molar-refractivity contribution in [3.8, 4) is 11.5 Å². The second-order valence-corrected chi connectivity index (χ2v) is 6.57. The number of carbonyl (C=O) groups is 1. The van der Waals surface area contributed by atoms with Crippen LogP contribution in [0.15, 0.2) is 66.7 Å². The molecule has 156 valence electrons. The summed E-state index contributed by atoms with van der Waals surface area (Å²) in [6, 6.07) is 12.6. The van der Waals surface area contributed by atoms with Crippen LogP contribution in [0.5, 0.6) is 11.5 Å². The van der Waals surface area contributed by atoms with Crippen molar-refractivity contribution in [3.63, 3.8) is 0 Å². The fraction of sp³-hybridized carbons (Fsp3) is 0. The Morgan fingerprint density at radius 2 is 1.61 bits per heavy atom. The van der Waals surface area contributed by atoms with Crippen LogP contribution < -0.4 is 4.74 Å². The summed E-state index contributed by atoms with van der Waals surface area (Å²) >= 11 is 5.73. The highest BCUT2D eigenvalue weighted by Crippen LogP contribution is 2.32. The zero-order valence-corrected chi connectivity index (χ0v) is 16.3. The van der Waals surface area contributed by atoms with Gasteiger partial charge in [-0.05, 0) is 54.1 Å². The Morgan fingerprint density at radius 3 is 2.26 bits per heavy atom. The van der Waals surface area contributed by atoms with Gasteiger partial charge in [0, 0.05) is 17.7 Å². The van der Waals surface area contributed by atoms with E-state index in [9.17, 15) is 29.4 Å². The predicted octanol–water partition coefficient (Wildman–Crippen LogP) is 5.98. The molecule has 0 unspecified atom stereocenters. The number of carbonyl (C=O) groups excluding carboxylic acids is 1. The van der Waals surface area contributed by atoms with Gasteiger partial charge in [-0.15, -0.1) is 0 Å². The van der Waals surface area contributed by atoms with Crippen LogP contribution in [0.2, 0.25) is 5.02 Å². The average molecular weight is 443 g/mol. The number of nitrogens with zero attached hydrogens (tertiary/aromatic N) is 2. The number of ether oxygens (including phenoxy) is 1. The summed E-state index contributed by atoms with van der Waals surface area (Å²) in [7, 11) is 0. The summed E-state index contributed by atoms with van der Waals surface area (Å²) in [5, 5.41) is 22.3. The van der Waals surface area contributed by atoms with E-state index >= 15 is 0 Å². The molecule has 0 aliphatic rings. The molecule has 8 nitrogen and oxygen atoms in total. The van der Waals surface area contributed by atoms with Crippen LogP contribution >= 0.6 is 11.6 Å². The van der Waals surface area contributed by atoms with Crippen molar-refractivity contribution in [2.24, 2.45) is 0 Å². The molecule has 0 saturated carbocycles. The lowest BCUT2D eigenvalue weighted by molar-refractivity contribution is -0.385. The zero-order valence-electron chi connectivity index (χ0n) is 15.5. The fourth-order valence-corrected chi connectivity index (χ4v) is 2.76. The average Bonchev–Trinajstić information content (AvgIpc) is 2.74. The molecule has 31 heavy (non-hydrogen) atoms. The van der Waals surface area contributed by atoms with E-state index in [0.717, 1.165) is 24.3 Å². The van der Waals surface area contributed by atoms with Gasteiger partial charge < -0.3 is 4.74 Å². The molecule has 10 heteroatoms. The molecule has 0 spiro atoms. The number of nitro groups is 2. The number of hydrogen-bond acceptors (Lipinski definition) is 6. The van der Waals surface area contributed by atoms with Crippen molar-refractivity contribution < 1.29 is 23.8 Å². The largest absolute Gasteiger partial charge is 0.450 e. The van der Waals surface area contributed by atoms with E-state index < -0.39 is 27.1 Å². The van der Waals surface area contributed by atoms with Crippen LogP contribution in [-0.4, -0.2) is 15.6 Å². The van der Waals surface area contributed by atoms with E-state index in [2.05, 4.69) is 0 Å². The first kappa shape index (κ1) is 21.6. The first-order valence-electron chi connectivity index (χ1n) is 8.63. The van der Waals surface area contributed by atoms with Crippen molar-refractivity contribution in [1.29, 1.82) is 0 Å². The van der Waals surface area contributed by atoms with Crippen LogP contribution in [-0.2, 0) is 0 Å². The van der Waals surface area contributed by atoms with Crippen LogP contribution in [0, 0.1) is 26.0 Å². The Morgan fingerprint density at radius 1 is 0.935 bits per heavy atom. The number of nitro benzene ring substituents is 2. The summed E-state index contributed by atoms with van der Waals surface area (Å²) in [5.74, 6) is -0.868. The van der Waals surface area contributed by atoms with E-state index in [1.807, 2.05) is 0 Å². The SMILES string of the molecule is O=C(C=Cc1ccc(Oc2ccc(F)cc2)c([N+](=O)[O-])c1)c1ccc(Cl)c([N+](=O)[O-])c1. The molecule has 0 aliphatic heterocycles. The van der Waals surface area contributed by atoms with Crippen LogP contribution in [0.4, 0.5) is 15.8 Å². The number of allylic oxidation sites excluding steroid dienone is 1. The lowest BCUT2D eigenvalue weighted by Gasteiger charge is -2.07. The number of hydrogen-bond donors (Lipinski definition) is 0. The van der Waals surface area contributed by atoms with E-state index in [-0.39, 0.29) is 27.8 Å². The Hall–Kier alpha value is -4.11. The van der Waals surface area contributed by atoms with Crippen LogP contribution in [0.25, 0.3) is 6.08 Å². The van der Waals surface area contributed by atoms with Crippen LogP contribution in [0.1, 0.15) is 15.9 Å². The molecule has 0 radical (unpaired) electrons. The fourth-order valence-electron chi connectivity index (χ4n) is 2.57. The minimum Gasteiger partial charge on any atom is -0.450 e. The monoisotopic (exact) mass is 442 g/mol. The van der Waals surface area contributed by atoms with Gasteiger partial charge in [0.15, 0.2) is 5.78 Å². The summed E-state index contributed by atoms with van der Waals surface area (Å²) in [6.45, 7) is 0. The maximum atomic E-state index is 13.0. The van der Waals surface area contributed by atoms with Gasteiger partial charge in [0.25, 0.3) is 5.69 Å². The van der Waals surface area contributed by atoms with Crippen molar-refractivity contribution >= 4 is 34.8 Å². The Labute approximate surface area is 179 Å². The summed E-state index contributed by atoms with van der Waals surface area (Å²) in [5.41, 5.74) is -0.395. The van der Waals surface area contributed by atoms with E-state index in [1.54, 1.807) is 0 Å². The van der Waals surface area contributed by atoms with Gasteiger partial charge >= 0.3 is 5.69 Å². The second kappa shape index (κ2) is 9.14. The Bertz CT molecular complexity index is 1210. The molecule has 3 aromatic rings. The molecule has 3 rings (SSSR count). The number of ketones is 1. The molecule has 0 aliphatic carbocycles. The molecule has 0 atom stereocenters. The maximum absolute atomic E-state index is 13.0. The highest BCUT2D eigenvalue weighted by Gasteiger charge is 2.17. The maximum Gasteiger partial charge on any atom is 0.312 e. The quantitative estimate of drug-likeness (QED) is 0.192. The van der Waals surface area contributed by atoms with Gasteiger partial charge in [-0.2, -0.15) is 0 Å². The molecule has 0 fully saturated rings. The zero-order chi connectivity index (χ0) is 22.5. The van der Waals surface area contributed by atoms with E-state index in [1.165, 1.54) is 48.5 Å². The van der Waals surface area contributed by atoms with Gasteiger partial charge in [0.1, 0.15) is 16.6 Å². The number of benzene rings is 3. The lowest BCUT2D eigenvalue weighted by atomic mass is 10.1. The van der Waals surface area contributed by atoms with Crippen molar-refractivity contribution in [2.45, 2.75) is 0 Å². The van der Waals surface area contributed by atoms with Crippen molar-refractivity contribution in [3.05, 3.63) is 109 Å². The topological polar surface area (TPSA) is 113 Å². The van der Waals surface area contributed by atoms with E-state index in [4.69, 9.17) is 16.3 Å². The van der Waals surface area contributed by atoms with Gasteiger partial charge in [0.2, 0.25) is 5.75 Å². The normalized spacial score (nSPS) is 10.8. The van der Waals surface area contributed by atoms with Gasteiger partial charge in [-0.25, -0.2) is 4.39 Å². The molecule has 0 N–H and O–H groups in total. The lowest BCUT2D eigenvalue weighted by Crippen LogP contribution is -1.97. The summed E-state index contributed by atoms with van der Waals surface area (Å²) < 4.78 is 18.4. The highest BCUT2D eigenvalue weighted by atomic mass is 35.5. The van der Waals surface area contributed by atoms with E-state index in [0.29, 0.717) is 5.56 Å².